The van der Waals surface area contributed by atoms with Gasteiger partial charge in [0.15, 0.2) is 21.2 Å². The Hall–Kier alpha value is -3.16. The highest BCUT2D eigenvalue weighted by atomic mass is 127. The number of hydrogen-bond donors (Lipinski definition) is 4. The number of aromatic nitrogens is 4. The van der Waals surface area contributed by atoms with Crippen molar-refractivity contribution in [2.24, 2.45) is 5.92 Å². The summed E-state index contributed by atoms with van der Waals surface area (Å²) in [4.78, 5) is 26.3. The maximum Gasteiger partial charge on any atom is 0.459 e. The summed E-state index contributed by atoms with van der Waals surface area (Å²) >= 11 is 1.94. The first-order chi connectivity index (χ1) is 23.8. The van der Waals surface area contributed by atoms with E-state index in [4.69, 9.17) is 33.7 Å². The molecule has 5 N–H and O–H groups in total. The Morgan fingerprint density at radius 1 is 1.18 bits per heavy atom. The molecule has 6 atom stereocenters. The molecule has 4 heterocycles. The number of imidazole rings is 1. The fourth-order valence-electron chi connectivity index (χ4n) is 5.98. The molecule has 18 heteroatoms. The summed E-state index contributed by atoms with van der Waals surface area (Å²) < 4.78 is 51.4. The lowest BCUT2D eigenvalue weighted by atomic mass is 9.96. The number of rotatable bonds is 12. The van der Waals surface area contributed by atoms with Crippen LogP contribution in [-0.4, -0.2) is 92.6 Å². The van der Waals surface area contributed by atoms with Crippen molar-refractivity contribution >= 4 is 64.2 Å². The third-order valence-electron chi connectivity index (χ3n) is 8.71. The molecule has 1 unspecified atom stereocenters. The van der Waals surface area contributed by atoms with Crippen molar-refractivity contribution in [3.8, 4) is 11.6 Å². The molecule has 0 spiro atoms. The van der Waals surface area contributed by atoms with E-state index in [1.807, 2.05) is 52.9 Å². The van der Waals surface area contributed by atoms with Crippen LogP contribution in [0.4, 0.5) is 5.95 Å². The van der Waals surface area contributed by atoms with Gasteiger partial charge < -0.3 is 39.4 Å². The lowest BCUT2D eigenvalue weighted by Gasteiger charge is -2.30. The number of aliphatic hydroxyl groups excluding tert-OH is 1. The number of ether oxygens (including phenoxy) is 4. The van der Waals surface area contributed by atoms with Gasteiger partial charge in [0.2, 0.25) is 11.8 Å². The molecule has 4 aromatic rings. The third-order valence-corrected chi connectivity index (χ3v) is 11.0. The minimum atomic E-state index is -4.45. The zero-order valence-electron chi connectivity index (χ0n) is 27.9. The molecular formula is C32H40IN6O10P. The third kappa shape index (κ3) is 7.41. The number of carbonyl (C=O) groups excluding carboxylic acids is 1. The molecule has 2 aliphatic heterocycles. The van der Waals surface area contributed by atoms with Crippen molar-refractivity contribution in [1.82, 2.24) is 24.6 Å². The number of carbonyl (C=O) groups is 1. The van der Waals surface area contributed by atoms with E-state index in [0.717, 1.165) is 5.39 Å². The number of nitrogen functional groups attached to an aromatic ring is 1. The summed E-state index contributed by atoms with van der Waals surface area (Å²) in [5, 5.41) is 27.3. The topological polar surface area (TPSA) is 212 Å². The molecule has 0 saturated carbocycles. The second kappa shape index (κ2) is 14.8. The number of fused-ring (bicyclic) bond motifs is 2. The average Bonchev–Trinajstić information content (AvgIpc) is 3.52. The summed E-state index contributed by atoms with van der Waals surface area (Å²) in [5.74, 6) is -0.748. The molecule has 2 saturated heterocycles. The van der Waals surface area contributed by atoms with Gasteiger partial charge in [-0.15, -0.1) is 0 Å². The van der Waals surface area contributed by atoms with Crippen molar-refractivity contribution < 1.29 is 47.6 Å². The van der Waals surface area contributed by atoms with E-state index in [1.165, 1.54) is 18.6 Å². The van der Waals surface area contributed by atoms with Crippen LogP contribution in [-0.2, 0) is 28.1 Å². The van der Waals surface area contributed by atoms with E-state index in [0.29, 0.717) is 35.3 Å². The van der Waals surface area contributed by atoms with E-state index in [2.05, 4.69) is 20.0 Å². The molecule has 50 heavy (non-hydrogen) atoms. The van der Waals surface area contributed by atoms with Crippen LogP contribution >= 0.6 is 30.3 Å². The molecular weight excluding hydrogens is 786 g/mol. The van der Waals surface area contributed by atoms with Gasteiger partial charge in [-0.25, -0.2) is 9.55 Å². The number of nitrogens with zero attached hydrogens (tertiary/aromatic N) is 4. The average molecular weight is 827 g/mol. The van der Waals surface area contributed by atoms with Crippen molar-refractivity contribution in [2.75, 3.05) is 32.7 Å². The minimum absolute atomic E-state index is 0.0994. The smallest absolute Gasteiger partial charge is 0.459 e. The zero-order chi connectivity index (χ0) is 35.8. The van der Waals surface area contributed by atoms with Gasteiger partial charge >= 0.3 is 13.7 Å². The number of benzene rings is 2. The Kier molecular flexibility index (Phi) is 10.9. The van der Waals surface area contributed by atoms with Gasteiger partial charge in [0.25, 0.3) is 0 Å². The standard InChI is InChI=1S/C32H40IN6O10P/c1-17(2)23(28(41)47-19-12-14-45-15-13-19)38-50(43,49-21-11-7-9-18-8-5-6-10-20(18)21)46-16-22-25(40)32(3,42)29(48-22)39-26-24(35-30(39)33)27(44-4)37-31(34)36-26/h5-11,17,19,22-23,25,29,40,42H,12-16H2,1-4H3,(H,38,43)(H2,34,36,37)/t22-,23+,25-,29-,32-,50?/m1/s1. The summed E-state index contributed by atoms with van der Waals surface area (Å²) in [6.45, 7) is 5.36. The molecule has 2 fully saturated rings. The fourth-order valence-corrected chi connectivity index (χ4v) is 8.39. The highest BCUT2D eigenvalue weighted by Gasteiger charge is 2.55. The number of anilines is 1. The first-order valence-corrected chi connectivity index (χ1v) is 18.7. The lowest BCUT2D eigenvalue weighted by molar-refractivity contribution is -0.156. The monoisotopic (exact) mass is 826 g/mol. The molecule has 270 valence electrons. The molecule has 2 aromatic carbocycles. The quantitative estimate of drug-likeness (QED) is 0.0694. The molecule has 0 aliphatic carbocycles. The normalized spacial score (nSPS) is 24.8. The summed E-state index contributed by atoms with van der Waals surface area (Å²) in [7, 11) is -3.04. The zero-order valence-corrected chi connectivity index (χ0v) is 30.9. The number of aliphatic hydroxyl groups is 2. The highest BCUT2D eigenvalue weighted by Crippen LogP contribution is 2.49. The molecule has 0 amide bonds. The predicted octanol–water partition coefficient (Wildman–Crippen LogP) is 3.72. The number of esters is 1. The van der Waals surface area contributed by atoms with Crippen LogP contribution in [0.5, 0.6) is 11.6 Å². The van der Waals surface area contributed by atoms with E-state index >= 15 is 0 Å². The molecule has 16 nitrogen and oxygen atoms in total. The predicted molar refractivity (Wildman–Crippen MR) is 189 cm³/mol. The van der Waals surface area contributed by atoms with Crippen LogP contribution in [0.1, 0.15) is 39.8 Å². The Balaban J connectivity index is 1.29. The largest absolute Gasteiger partial charge is 0.479 e. The number of hydrogen-bond acceptors (Lipinski definition) is 14. The van der Waals surface area contributed by atoms with Crippen LogP contribution in [0.15, 0.2) is 42.5 Å². The van der Waals surface area contributed by atoms with Crippen LogP contribution in [0.25, 0.3) is 21.9 Å². The second-order valence-corrected chi connectivity index (χ2v) is 15.3. The fraction of sp³-hybridized carbons (Fsp3) is 0.500. The maximum absolute atomic E-state index is 14.8. The summed E-state index contributed by atoms with van der Waals surface area (Å²) in [6, 6.07) is 11.5. The van der Waals surface area contributed by atoms with Gasteiger partial charge in [0.1, 0.15) is 35.7 Å². The van der Waals surface area contributed by atoms with Crippen LogP contribution in [0, 0.1) is 9.75 Å². The van der Waals surface area contributed by atoms with Crippen LogP contribution in [0.2, 0.25) is 0 Å². The van der Waals surface area contributed by atoms with E-state index < -0.39 is 56.3 Å². The van der Waals surface area contributed by atoms with Gasteiger partial charge in [-0.2, -0.15) is 15.1 Å². The summed E-state index contributed by atoms with van der Waals surface area (Å²) in [6.07, 6.45) is -3.28. The number of nitrogens with two attached hydrogens (primary N) is 1. The van der Waals surface area contributed by atoms with Crippen molar-refractivity contribution in [2.45, 2.75) is 69.8 Å². The Morgan fingerprint density at radius 3 is 2.62 bits per heavy atom. The van der Waals surface area contributed by atoms with Crippen molar-refractivity contribution in [1.29, 1.82) is 0 Å². The first-order valence-electron chi connectivity index (χ1n) is 16.1. The van der Waals surface area contributed by atoms with Gasteiger partial charge in [-0.1, -0.05) is 50.2 Å². The van der Waals surface area contributed by atoms with E-state index in [-0.39, 0.29) is 34.8 Å². The van der Waals surface area contributed by atoms with Crippen LogP contribution < -0.4 is 20.1 Å². The molecule has 2 aromatic heterocycles. The Bertz CT molecular complexity index is 1900. The number of nitrogens with one attached hydrogen (secondary N) is 1. The van der Waals surface area contributed by atoms with Gasteiger partial charge in [-0.3, -0.25) is 13.9 Å². The van der Waals surface area contributed by atoms with Gasteiger partial charge in [0.05, 0.1) is 26.9 Å². The van der Waals surface area contributed by atoms with E-state index in [1.54, 1.807) is 26.0 Å². The molecule has 0 bridgehead atoms. The molecule has 6 rings (SSSR count). The molecule has 2 aliphatic rings. The Morgan fingerprint density at radius 2 is 1.90 bits per heavy atom. The van der Waals surface area contributed by atoms with E-state index in [9.17, 15) is 19.6 Å². The maximum atomic E-state index is 14.8. The van der Waals surface area contributed by atoms with Gasteiger partial charge in [0, 0.05) is 40.8 Å². The van der Waals surface area contributed by atoms with Crippen molar-refractivity contribution in [3.05, 3.63) is 46.3 Å². The number of halogens is 1. The lowest BCUT2D eigenvalue weighted by Crippen LogP contribution is -2.45. The summed E-state index contributed by atoms with van der Waals surface area (Å²) in [5.41, 5.74) is 4.47. The Labute approximate surface area is 301 Å². The first kappa shape index (κ1) is 36.6. The van der Waals surface area contributed by atoms with Crippen LogP contribution in [0.3, 0.4) is 0 Å². The minimum Gasteiger partial charge on any atom is -0.479 e. The SMILES string of the molecule is COc1nc(N)nc2c1nc(I)n2[C@@H]1O[C@H](COP(=O)(N[C@H](C(=O)OC2CCOCC2)C(C)C)Oc2cccc3ccccc23)[C@@H](O)[C@@]1(C)O. The number of methoxy groups -OCH3 is 1. The second-order valence-electron chi connectivity index (χ2n) is 12.7. The van der Waals surface area contributed by atoms with Crippen molar-refractivity contribution in [3.63, 3.8) is 0 Å². The molecule has 0 radical (unpaired) electrons. The van der Waals surface area contributed by atoms with Gasteiger partial charge in [-0.05, 0) is 24.3 Å². The highest BCUT2D eigenvalue weighted by molar-refractivity contribution is 14.1.